The molecule has 5 nitrogen and oxygen atoms in total. The lowest BCUT2D eigenvalue weighted by molar-refractivity contribution is 0.563. The molecule has 70 valence electrons. The molecule has 14 heavy (non-hydrogen) atoms. The van der Waals surface area contributed by atoms with Gasteiger partial charge in [0.2, 0.25) is 0 Å². The Hall–Kier alpha value is -1.96. The van der Waals surface area contributed by atoms with Crippen LogP contribution in [0.5, 0.6) is 0 Å². The topological polar surface area (TPSA) is 87.4 Å². The molecule has 0 unspecified atom stereocenters. The van der Waals surface area contributed by atoms with E-state index in [4.69, 9.17) is 5.26 Å². The molecular weight excluding hydrogens is 204 g/mol. The van der Waals surface area contributed by atoms with Crippen LogP contribution in [0.4, 0.5) is 0 Å². The summed E-state index contributed by atoms with van der Waals surface area (Å²) in [4.78, 5) is 9.62. The largest absolute Gasteiger partial charge is 0.292 e. The van der Waals surface area contributed by atoms with Crippen molar-refractivity contribution in [3.05, 3.63) is 29.8 Å². The van der Waals surface area contributed by atoms with Gasteiger partial charge < -0.3 is 0 Å². The van der Waals surface area contributed by atoms with Crippen molar-refractivity contribution in [2.24, 2.45) is 4.40 Å². The van der Waals surface area contributed by atoms with Crippen LogP contribution in [0.3, 0.4) is 0 Å². The molecule has 0 aliphatic carbocycles. The first-order chi connectivity index (χ1) is 6.60. The van der Waals surface area contributed by atoms with Gasteiger partial charge in [-0.15, -0.1) is 0 Å². The Labute approximate surface area is 80.4 Å². The van der Waals surface area contributed by atoms with Gasteiger partial charge in [0.1, 0.15) is 0 Å². The molecule has 0 bridgehead atoms. The van der Waals surface area contributed by atoms with Gasteiger partial charge in [0.15, 0.2) is 0 Å². The quantitative estimate of drug-likeness (QED) is 0.525. The Morgan fingerprint density at radius 3 is 2.64 bits per heavy atom. The molecule has 0 saturated carbocycles. The number of benzene rings is 1. The summed E-state index contributed by atoms with van der Waals surface area (Å²) in [6.07, 6.45) is 0.948. The fourth-order valence-corrected chi connectivity index (χ4v) is 1.56. The van der Waals surface area contributed by atoms with E-state index in [1.165, 1.54) is 18.2 Å². The third-order valence-corrected chi connectivity index (χ3v) is 2.58. The van der Waals surface area contributed by atoms with Crippen LogP contribution < -0.4 is 0 Å². The summed E-state index contributed by atoms with van der Waals surface area (Å²) >= 11 is 0. The molecule has 0 radical (unpaired) electrons. The van der Waals surface area contributed by atoms with E-state index in [-0.39, 0.29) is 10.5 Å². The molecule has 0 heterocycles. The highest BCUT2D eigenvalue weighted by molar-refractivity contribution is 7.90. The first kappa shape index (κ1) is 10.1. The van der Waals surface area contributed by atoms with Gasteiger partial charge in [0.05, 0.1) is 16.5 Å². The van der Waals surface area contributed by atoms with Gasteiger partial charge >= 0.3 is 0 Å². The van der Waals surface area contributed by atoms with Crippen molar-refractivity contribution in [2.45, 2.75) is 4.90 Å². The predicted octanol–water partition coefficient (Wildman–Crippen LogP) is 0.583. The van der Waals surface area contributed by atoms with Crippen LogP contribution in [-0.4, -0.2) is 14.5 Å². The van der Waals surface area contributed by atoms with Gasteiger partial charge in [-0.25, -0.2) is 4.79 Å². The molecule has 0 aromatic heterocycles. The van der Waals surface area contributed by atoms with Crippen molar-refractivity contribution < 1.29 is 13.2 Å². The van der Waals surface area contributed by atoms with E-state index in [0.29, 0.717) is 0 Å². The monoisotopic (exact) mass is 208 g/mol. The van der Waals surface area contributed by atoms with Gasteiger partial charge in [-0.1, -0.05) is 10.5 Å². The lowest BCUT2D eigenvalue weighted by atomic mass is 10.2. The number of rotatable bonds is 2. The number of carbonyl (C=O) groups excluding carboxylic acids is 1. The van der Waals surface area contributed by atoms with Crippen LogP contribution in [-0.2, 0) is 14.8 Å². The van der Waals surface area contributed by atoms with Crippen molar-refractivity contribution >= 4 is 16.1 Å². The molecule has 1 aromatic carbocycles. The lowest BCUT2D eigenvalue weighted by Crippen LogP contribution is -1.96. The third-order valence-electron chi connectivity index (χ3n) is 1.42. The summed E-state index contributed by atoms with van der Waals surface area (Å²) in [7, 11) is -3.99. The van der Waals surface area contributed by atoms with Gasteiger partial charge in [0, 0.05) is 0 Å². The Morgan fingerprint density at radius 1 is 1.36 bits per heavy atom. The van der Waals surface area contributed by atoms with Crippen molar-refractivity contribution in [2.75, 3.05) is 0 Å². The zero-order chi connectivity index (χ0) is 10.6. The van der Waals surface area contributed by atoms with Crippen LogP contribution in [0.15, 0.2) is 33.6 Å². The minimum Gasteiger partial charge on any atom is -0.210 e. The Kier molecular flexibility index (Phi) is 2.77. The Bertz CT molecular complexity index is 536. The van der Waals surface area contributed by atoms with Crippen molar-refractivity contribution in [3.63, 3.8) is 0 Å². The van der Waals surface area contributed by atoms with E-state index in [1.54, 1.807) is 6.07 Å². The number of hydrogen-bond donors (Lipinski definition) is 0. The van der Waals surface area contributed by atoms with E-state index in [0.717, 1.165) is 12.1 Å². The summed E-state index contributed by atoms with van der Waals surface area (Å²) in [5.74, 6) is 0. The summed E-state index contributed by atoms with van der Waals surface area (Å²) in [6, 6.07) is 7.00. The minimum absolute atomic E-state index is 0.187. The number of nitriles is 1. The van der Waals surface area contributed by atoms with Crippen LogP contribution in [0.2, 0.25) is 0 Å². The van der Waals surface area contributed by atoms with Gasteiger partial charge in [-0.3, -0.25) is 0 Å². The average molecular weight is 208 g/mol. The molecule has 0 N–H and O–H groups in total. The second-order valence-corrected chi connectivity index (χ2v) is 3.90. The highest BCUT2D eigenvalue weighted by Crippen LogP contribution is 2.12. The number of nitrogens with zero attached hydrogens (tertiary/aromatic N) is 2. The Balaban J connectivity index is 3.35. The molecule has 1 aromatic rings. The molecule has 0 aliphatic rings. The van der Waals surface area contributed by atoms with Crippen molar-refractivity contribution in [3.8, 4) is 6.07 Å². The molecule has 0 atom stereocenters. The molecule has 0 saturated heterocycles. The van der Waals surface area contributed by atoms with Crippen LogP contribution >= 0.6 is 0 Å². The zero-order valence-electron chi connectivity index (χ0n) is 6.84. The predicted molar refractivity (Wildman–Crippen MR) is 46.5 cm³/mol. The highest BCUT2D eigenvalue weighted by atomic mass is 32.2. The summed E-state index contributed by atoms with van der Waals surface area (Å²) in [6.45, 7) is 0. The maximum Gasteiger partial charge on any atom is 0.292 e. The fourth-order valence-electron chi connectivity index (χ4n) is 0.828. The fraction of sp³-hybridized carbons (Fsp3) is 0. The summed E-state index contributed by atoms with van der Waals surface area (Å²) < 4.78 is 25.0. The van der Waals surface area contributed by atoms with E-state index in [2.05, 4.69) is 4.40 Å². The standard InChI is InChI=1S/C8H4N2O3S/c9-5-7-2-1-3-8(4-7)14(12,13)10-6-11/h1-4H. The molecule has 6 heteroatoms. The van der Waals surface area contributed by atoms with Crippen molar-refractivity contribution in [1.82, 2.24) is 0 Å². The van der Waals surface area contributed by atoms with Crippen LogP contribution in [0.1, 0.15) is 5.56 Å². The first-order valence-electron chi connectivity index (χ1n) is 3.44. The van der Waals surface area contributed by atoms with Gasteiger partial charge in [-0.05, 0) is 18.2 Å². The summed E-state index contributed by atoms with van der Waals surface area (Å²) in [5.41, 5.74) is 0.187. The van der Waals surface area contributed by atoms with Crippen molar-refractivity contribution in [1.29, 1.82) is 5.26 Å². The van der Waals surface area contributed by atoms with E-state index in [9.17, 15) is 13.2 Å². The average Bonchev–Trinajstić information content (AvgIpc) is 2.18. The first-order valence-corrected chi connectivity index (χ1v) is 4.88. The van der Waals surface area contributed by atoms with E-state index >= 15 is 0 Å². The van der Waals surface area contributed by atoms with E-state index in [1.807, 2.05) is 0 Å². The molecular formula is C8H4N2O3S. The second-order valence-electron chi connectivity index (χ2n) is 2.30. The molecule has 0 amide bonds. The smallest absolute Gasteiger partial charge is 0.210 e. The zero-order valence-corrected chi connectivity index (χ0v) is 7.65. The number of sulfonamides is 1. The number of hydrogen-bond acceptors (Lipinski definition) is 4. The maximum atomic E-state index is 11.2. The number of isocyanates is 1. The Morgan fingerprint density at radius 2 is 2.07 bits per heavy atom. The normalized spacial score (nSPS) is 9.93. The maximum absolute atomic E-state index is 11.2. The van der Waals surface area contributed by atoms with Crippen LogP contribution in [0, 0.1) is 11.3 Å². The molecule has 0 fully saturated rings. The van der Waals surface area contributed by atoms with E-state index < -0.39 is 10.0 Å². The SMILES string of the molecule is N#Cc1cccc(S(=O)(=O)N=C=O)c1. The van der Waals surface area contributed by atoms with Crippen LogP contribution in [0.25, 0.3) is 0 Å². The second kappa shape index (κ2) is 3.83. The highest BCUT2D eigenvalue weighted by Gasteiger charge is 2.12. The third kappa shape index (κ3) is 2.04. The minimum atomic E-state index is -3.99. The molecule has 1 rings (SSSR count). The van der Waals surface area contributed by atoms with Gasteiger partial charge in [0.25, 0.3) is 16.1 Å². The summed E-state index contributed by atoms with van der Waals surface area (Å²) in [5, 5.41) is 8.50. The molecule has 0 spiro atoms. The lowest BCUT2D eigenvalue weighted by Gasteiger charge is -1.95. The molecule has 0 aliphatic heterocycles. The van der Waals surface area contributed by atoms with Gasteiger partial charge in [-0.2, -0.15) is 13.7 Å².